The van der Waals surface area contributed by atoms with Crippen LogP contribution in [-0.4, -0.2) is 0 Å². The van der Waals surface area contributed by atoms with E-state index >= 15 is 0 Å². The van der Waals surface area contributed by atoms with Gasteiger partial charge in [-0.1, -0.05) is 6.07 Å². The average molecular weight is 295 g/mol. The summed E-state index contributed by atoms with van der Waals surface area (Å²) in [7, 11) is 0. The Morgan fingerprint density at radius 1 is 1.24 bits per heavy atom. The third-order valence-corrected chi connectivity index (χ3v) is 2.05. The standard InChI is InChI=1S/C9H10F4N2.2ClH/c1-5(15-14)6-2-3-7(8(10)4-6)9(11,12)13;;/h2-5,15H,14H2,1H3;2*1H. The summed E-state index contributed by atoms with van der Waals surface area (Å²) in [6.45, 7) is 1.61. The first kappa shape index (κ1) is 18.8. The number of hydrogen-bond acceptors (Lipinski definition) is 2. The molecular weight excluding hydrogens is 283 g/mol. The predicted molar refractivity (Wildman–Crippen MR) is 61.6 cm³/mol. The lowest BCUT2D eigenvalue weighted by molar-refractivity contribution is -0.140. The minimum absolute atomic E-state index is 0. The summed E-state index contributed by atoms with van der Waals surface area (Å²) in [4.78, 5) is 0. The van der Waals surface area contributed by atoms with E-state index in [2.05, 4.69) is 5.43 Å². The highest BCUT2D eigenvalue weighted by Crippen LogP contribution is 2.32. The van der Waals surface area contributed by atoms with Gasteiger partial charge in [-0.05, 0) is 24.6 Å². The van der Waals surface area contributed by atoms with Gasteiger partial charge in [0.1, 0.15) is 5.82 Å². The largest absolute Gasteiger partial charge is 0.419 e. The Hall–Kier alpha value is -0.560. The number of benzene rings is 1. The molecule has 0 bridgehead atoms. The molecule has 0 aromatic heterocycles. The molecule has 0 saturated carbocycles. The van der Waals surface area contributed by atoms with Crippen molar-refractivity contribution in [3.63, 3.8) is 0 Å². The lowest BCUT2D eigenvalue weighted by atomic mass is 10.1. The van der Waals surface area contributed by atoms with E-state index in [9.17, 15) is 17.6 Å². The van der Waals surface area contributed by atoms with E-state index in [0.717, 1.165) is 6.07 Å². The van der Waals surface area contributed by atoms with Crippen molar-refractivity contribution in [1.82, 2.24) is 5.43 Å². The fourth-order valence-corrected chi connectivity index (χ4v) is 1.13. The van der Waals surface area contributed by atoms with E-state index < -0.39 is 23.6 Å². The molecule has 0 saturated heterocycles. The van der Waals surface area contributed by atoms with Gasteiger partial charge in [0.25, 0.3) is 0 Å². The van der Waals surface area contributed by atoms with Crippen LogP contribution in [0.15, 0.2) is 18.2 Å². The van der Waals surface area contributed by atoms with Crippen LogP contribution in [0.4, 0.5) is 17.6 Å². The number of rotatable bonds is 2. The van der Waals surface area contributed by atoms with Crippen molar-refractivity contribution in [2.45, 2.75) is 19.1 Å². The highest BCUT2D eigenvalue weighted by atomic mass is 35.5. The first-order valence-electron chi connectivity index (χ1n) is 4.19. The molecule has 0 fully saturated rings. The molecule has 1 rings (SSSR count). The van der Waals surface area contributed by atoms with Gasteiger partial charge < -0.3 is 0 Å². The molecule has 100 valence electrons. The summed E-state index contributed by atoms with van der Waals surface area (Å²) in [5.41, 5.74) is 1.41. The molecule has 1 unspecified atom stereocenters. The van der Waals surface area contributed by atoms with Gasteiger partial charge >= 0.3 is 6.18 Å². The van der Waals surface area contributed by atoms with E-state index in [0.29, 0.717) is 11.6 Å². The maximum Gasteiger partial charge on any atom is 0.419 e. The van der Waals surface area contributed by atoms with Gasteiger partial charge in [0, 0.05) is 6.04 Å². The van der Waals surface area contributed by atoms with Gasteiger partial charge in [0.2, 0.25) is 0 Å². The highest BCUT2D eigenvalue weighted by Gasteiger charge is 2.34. The number of nitrogens with two attached hydrogens (primary N) is 1. The van der Waals surface area contributed by atoms with Crippen LogP contribution in [0.5, 0.6) is 0 Å². The molecule has 1 aromatic carbocycles. The van der Waals surface area contributed by atoms with Gasteiger partial charge in [-0.2, -0.15) is 13.2 Å². The minimum atomic E-state index is -4.66. The van der Waals surface area contributed by atoms with Crippen LogP contribution in [-0.2, 0) is 6.18 Å². The van der Waals surface area contributed by atoms with Crippen molar-refractivity contribution < 1.29 is 17.6 Å². The zero-order valence-electron chi connectivity index (χ0n) is 8.72. The molecule has 0 radical (unpaired) electrons. The zero-order valence-corrected chi connectivity index (χ0v) is 10.3. The summed E-state index contributed by atoms with van der Waals surface area (Å²) >= 11 is 0. The van der Waals surface area contributed by atoms with Crippen LogP contribution < -0.4 is 11.3 Å². The van der Waals surface area contributed by atoms with Gasteiger partial charge in [-0.25, -0.2) is 4.39 Å². The van der Waals surface area contributed by atoms with Crippen molar-refractivity contribution in [3.8, 4) is 0 Å². The lowest BCUT2D eigenvalue weighted by Crippen LogP contribution is -2.25. The molecule has 0 aliphatic rings. The second kappa shape index (κ2) is 7.00. The molecular formula is C9H12Cl2F4N2. The highest BCUT2D eigenvalue weighted by molar-refractivity contribution is 5.85. The summed E-state index contributed by atoms with van der Waals surface area (Å²) in [5, 5.41) is 0. The molecule has 1 atom stereocenters. The molecule has 2 nitrogen and oxygen atoms in total. The monoisotopic (exact) mass is 294 g/mol. The predicted octanol–water partition coefficient (Wildman–Crippen LogP) is 3.21. The van der Waals surface area contributed by atoms with Crippen molar-refractivity contribution >= 4 is 24.8 Å². The van der Waals surface area contributed by atoms with Crippen LogP contribution in [0, 0.1) is 5.82 Å². The Kier molecular flexibility index (Phi) is 7.74. The first-order valence-corrected chi connectivity index (χ1v) is 4.19. The van der Waals surface area contributed by atoms with Crippen LogP contribution in [0.2, 0.25) is 0 Å². The average Bonchev–Trinajstić information content (AvgIpc) is 2.14. The van der Waals surface area contributed by atoms with Gasteiger partial charge in [0.15, 0.2) is 0 Å². The van der Waals surface area contributed by atoms with Crippen LogP contribution in [0.25, 0.3) is 0 Å². The molecule has 0 aliphatic carbocycles. The van der Waals surface area contributed by atoms with Crippen LogP contribution >= 0.6 is 24.8 Å². The Bertz CT molecular complexity index is 357. The molecule has 0 amide bonds. The second-order valence-corrected chi connectivity index (χ2v) is 3.13. The van der Waals surface area contributed by atoms with Gasteiger partial charge in [-0.15, -0.1) is 24.8 Å². The zero-order chi connectivity index (χ0) is 11.6. The third kappa shape index (κ3) is 4.67. The number of hydrazine groups is 1. The Morgan fingerprint density at radius 3 is 2.12 bits per heavy atom. The molecule has 1 aromatic rings. The Labute approximate surface area is 108 Å². The molecule has 0 spiro atoms. The van der Waals surface area contributed by atoms with E-state index in [4.69, 9.17) is 5.84 Å². The van der Waals surface area contributed by atoms with Crippen molar-refractivity contribution in [2.24, 2.45) is 5.84 Å². The normalized spacial score (nSPS) is 12.4. The van der Waals surface area contributed by atoms with Crippen LogP contribution in [0.1, 0.15) is 24.1 Å². The second-order valence-electron chi connectivity index (χ2n) is 3.13. The number of hydrogen-bond donors (Lipinski definition) is 2. The van der Waals surface area contributed by atoms with Crippen molar-refractivity contribution in [2.75, 3.05) is 0 Å². The van der Waals surface area contributed by atoms with Crippen molar-refractivity contribution in [3.05, 3.63) is 35.1 Å². The number of alkyl halides is 3. The topological polar surface area (TPSA) is 38.0 Å². The molecule has 8 heteroatoms. The fourth-order valence-electron chi connectivity index (χ4n) is 1.13. The van der Waals surface area contributed by atoms with E-state index in [-0.39, 0.29) is 24.8 Å². The van der Waals surface area contributed by atoms with Crippen molar-refractivity contribution in [1.29, 1.82) is 0 Å². The van der Waals surface area contributed by atoms with E-state index in [1.807, 2.05) is 0 Å². The molecule has 0 aliphatic heterocycles. The van der Waals surface area contributed by atoms with E-state index in [1.165, 1.54) is 6.07 Å². The third-order valence-electron chi connectivity index (χ3n) is 2.05. The fraction of sp³-hybridized carbons (Fsp3) is 0.333. The quantitative estimate of drug-likeness (QED) is 0.499. The summed E-state index contributed by atoms with van der Waals surface area (Å²) in [6.07, 6.45) is -4.66. The van der Waals surface area contributed by atoms with Crippen LogP contribution in [0.3, 0.4) is 0 Å². The SMILES string of the molecule is CC(NN)c1ccc(C(F)(F)F)c(F)c1.Cl.Cl. The van der Waals surface area contributed by atoms with Gasteiger partial charge in [0.05, 0.1) is 5.56 Å². The maximum absolute atomic E-state index is 13.1. The minimum Gasteiger partial charge on any atom is -0.271 e. The Morgan fingerprint density at radius 2 is 1.76 bits per heavy atom. The molecule has 0 heterocycles. The van der Waals surface area contributed by atoms with E-state index in [1.54, 1.807) is 6.92 Å². The molecule has 3 N–H and O–H groups in total. The van der Waals surface area contributed by atoms with Gasteiger partial charge in [-0.3, -0.25) is 11.3 Å². The smallest absolute Gasteiger partial charge is 0.271 e. The summed E-state index contributed by atoms with van der Waals surface area (Å²) in [5.74, 6) is 3.79. The number of nitrogens with one attached hydrogen (secondary N) is 1. The molecule has 17 heavy (non-hydrogen) atoms. The number of halogens is 6. The summed E-state index contributed by atoms with van der Waals surface area (Å²) < 4.78 is 49.6. The maximum atomic E-state index is 13.1. The summed E-state index contributed by atoms with van der Waals surface area (Å²) in [6, 6.07) is 2.32. The lowest BCUT2D eigenvalue weighted by Gasteiger charge is -2.13. The first-order chi connectivity index (χ1) is 6.86. The Balaban J connectivity index is 0.